The van der Waals surface area contributed by atoms with Crippen LogP contribution >= 0.6 is 46.3 Å². The van der Waals surface area contributed by atoms with Crippen LogP contribution in [0.2, 0.25) is 10.0 Å². The molecule has 0 saturated heterocycles. The number of aromatic nitrogens is 4. The Morgan fingerprint density at radius 2 is 1.78 bits per heavy atom. The van der Waals surface area contributed by atoms with Gasteiger partial charge >= 0.3 is 11.5 Å². The van der Waals surface area contributed by atoms with Crippen molar-refractivity contribution >= 4 is 51.4 Å². The number of carbonyl (C=O) groups is 1. The Kier molecular flexibility index (Phi) is 7.93. The highest BCUT2D eigenvalue weighted by molar-refractivity contribution is 8.13. The summed E-state index contributed by atoms with van der Waals surface area (Å²) in [5.74, 6) is -0.108. The molecular formula is C27H20Cl2N4O6S2. The van der Waals surface area contributed by atoms with Crippen LogP contribution in [-0.4, -0.2) is 24.9 Å². The normalized spacial score (nSPS) is 11.6. The van der Waals surface area contributed by atoms with Crippen LogP contribution in [0.15, 0.2) is 71.9 Å². The molecule has 0 spiro atoms. The summed E-state index contributed by atoms with van der Waals surface area (Å²) in [4.78, 5) is 56.0. The van der Waals surface area contributed by atoms with Crippen LogP contribution in [0.5, 0.6) is 0 Å². The molecule has 0 atom stereocenters. The van der Waals surface area contributed by atoms with E-state index in [1.165, 1.54) is 23.5 Å². The van der Waals surface area contributed by atoms with Gasteiger partial charge in [-0.2, -0.15) is 9.78 Å². The number of halogens is 2. The Balaban J connectivity index is 1.56. The van der Waals surface area contributed by atoms with E-state index in [1.54, 1.807) is 6.92 Å². The molecule has 1 N–H and O–H groups in total. The third kappa shape index (κ3) is 5.73. The average Bonchev–Trinajstić information content (AvgIpc) is 3.50. The van der Waals surface area contributed by atoms with Gasteiger partial charge in [0, 0.05) is 26.6 Å². The molecule has 0 saturated carbocycles. The van der Waals surface area contributed by atoms with Crippen LogP contribution in [0.3, 0.4) is 0 Å². The second-order valence-corrected chi connectivity index (χ2v) is 12.1. The van der Waals surface area contributed by atoms with Gasteiger partial charge < -0.3 is 8.83 Å². The average molecular weight is 632 g/mol. The van der Waals surface area contributed by atoms with Crippen molar-refractivity contribution < 1.29 is 13.6 Å². The van der Waals surface area contributed by atoms with Gasteiger partial charge in [0.2, 0.25) is 5.12 Å². The van der Waals surface area contributed by atoms with Gasteiger partial charge in [-0.15, -0.1) is 11.3 Å². The number of nitrogens with one attached hydrogen (secondary N) is 1. The number of hydrogen-bond acceptors (Lipinski definition) is 10. The van der Waals surface area contributed by atoms with Crippen molar-refractivity contribution in [1.82, 2.24) is 19.7 Å². The first kappa shape index (κ1) is 28.8. The maximum atomic E-state index is 13.5. The second kappa shape index (κ2) is 11.3. The lowest BCUT2D eigenvalue weighted by molar-refractivity contribution is 0.109. The fourth-order valence-electron chi connectivity index (χ4n) is 4.14. The molecule has 41 heavy (non-hydrogen) atoms. The van der Waals surface area contributed by atoms with Crippen LogP contribution in [-0.2, 0) is 11.2 Å². The quantitative estimate of drug-likeness (QED) is 0.243. The Morgan fingerprint density at radius 1 is 1.10 bits per heavy atom. The SMILES string of the molecule is Cc1oc(=O)oc1CSC(=O)c1sc(C(C)(C)c2c(Cl)cc(-n3ncc(=O)[nH]c3=O)cc2Cl)nc1-c1ccccc1. The summed E-state index contributed by atoms with van der Waals surface area (Å²) < 4.78 is 10.9. The zero-order valence-electron chi connectivity index (χ0n) is 21.7. The van der Waals surface area contributed by atoms with Crippen molar-refractivity contribution in [2.45, 2.75) is 31.9 Å². The van der Waals surface area contributed by atoms with Crippen molar-refractivity contribution in [3.63, 3.8) is 0 Å². The molecule has 3 aromatic heterocycles. The van der Waals surface area contributed by atoms with Crippen LogP contribution in [0.1, 0.15) is 45.6 Å². The Morgan fingerprint density at radius 3 is 2.39 bits per heavy atom. The Labute approximate surface area is 250 Å². The lowest BCUT2D eigenvalue weighted by Crippen LogP contribution is -2.30. The van der Waals surface area contributed by atoms with E-state index < -0.39 is 22.5 Å². The summed E-state index contributed by atoms with van der Waals surface area (Å²) in [5, 5.41) is 4.64. The van der Waals surface area contributed by atoms with Crippen LogP contribution < -0.4 is 17.1 Å². The van der Waals surface area contributed by atoms with Crippen molar-refractivity contribution in [2.75, 3.05) is 0 Å². The lowest BCUT2D eigenvalue weighted by atomic mass is 9.85. The van der Waals surface area contributed by atoms with E-state index in [4.69, 9.17) is 37.0 Å². The van der Waals surface area contributed by atoms with Crippen LogP contribution in [0.4, 0.5) is 0 Å². The number of thioether (sulfide) groups is 1. The maximum absolute atomic E-state index is 13.5. The number of rotatable bonds is 7. The molecule has 0 aliphatic rings. The van der Waals surface area contributed by atoms with E-state index >= 15 is 0 Å². The molecule has 0 unspecified atom stereocenters. The summed E-state index contributed by atoms with van der Waals surface area (Å²) in [5.41, 5.74) is -0.217. The Bertz CT molecular complexity index is 1930. The second-order valence-electron chi connectivity index (χ2n) is 9.33. The van der Waals surface area contributed by atoms with Gasteiger partial charge in [0.05, 0.1) is 17.1 Å². The number of benzene rings is 2. The first-order chi connectivity index (χ1) is 19.5. The molecule has 0 amide bonds. The summed E-state index contributed by atoms with van der Waals surface area (Å²) in [6.45, 7) is 5.35. The molecule has 0 fully saturated rings. The zero-order chi connectivity index (χ0) is 29.5. The predicted molar refractivity (Wildman–Crippen MR) is 158 cm³/mol. The standard InChI is InChI=1S/C27H20Cl2N4O6S2/c1-13-18(39-26(37)38-13)12-40-23(35)22-21(14-7-5-4-6-8-14)32-24(41-22)27(2,3)20-16(28)9-15(10-17(20)29)33-25(36)31-19(34)11-30-33/h4-11H,12H2,1-3H3,(H,31,34,36). The van der Waals surface area contributed by atoms with Gasteiger partial charge in [-0.05, 0) is 32.9 Å². The van der Waals surface area contributed by atoms with E-state index in [-0.39, 0.29) is 32.4 Å². The monoisotopic (exact) mass is 630 g/mol. The lowest BCUT2D eigenvalue weighted by Gasteiger charge is -2.25. The molecule has 10 nitrogen and oxygen atoms in total. The van der Waals surface area contributed by atoms with E-state index in [1.807, 2.05) is 44.2 Å². The molecule has 3 heterocycles. The zero-order valence-corrected chi connectivity index (χ0v) is 24.8. The largest absolute Gasteiger partial charge is 0.519 e. The van der Waals surface area contributed by atoms with Crippen molar-refractivity contribution in [3.05, 3.63) is 117 Å². The predicted octanol–water partition coefficient (Wildman–Crippen LogP) is 5.61. The minimum atomic E-state index is -0.874. The molecule has 5 rings (SSSR count). The molecule has 14 heteroatoms. The number of H-pyrrole nitrogens is 1. The van der Waals surface area contributed by atoms with Gasteiger partial charge in [-0.25, -0.2) is 14.6 Å². The van der Waals surface area contributed by atoms with Crippen molar-refractivity contribution in [3.8, 4) is 16.9 Å². The van der Waals surface area contributed by atoms with Gasteiger partial charge in [0.25, 0.3) is 5.56 Å². The highest BCUT2D eigenvalue weighted by Gasteiger charge is 2.34. The molecule has 0 aliphatic heterocycles. The molecule has 0 aliphatic carbocycles. The number of nitrogens with zero attached hydrogens (tertiary/aromatic N) is 3. The summed E-state index contributed by atoms with van der Waals surface area (Å²) >= 11 is 15.6. The van der Waals surface area contributed by atoms with E-state index in [0.717, 1.165) is 28.2 Å². The first-order valence-electron chi connectivity index (χ1n) is 12.0. The smallest absolute Gasteiger partial charge is 0.396 e. The summed E-state index contributed by atoms with van der Waals surface area (Å²) in [7, 11) is 0. The van der Waals surface area contributed by atoms with Crippen LogP contribution in [0, 0.1) is 6.92 Å². The molecule has 2 aromatic carbocycles. The number of hydrogen-bond donors (Lipinski definition) is 1. The van der Waals surface area contributed by atoms with Gasteiger partial charge in [-0.1, -0.05) is 65.3 Å². The van der Waals surface area contributed by atoms with Gasteiger partial charge in [0.1, 0.15) is 21.8 Å². The van der Waals surface area contributed by atoms with E-state index in [2.05, 4.69) is 10.1 Å². The third-order valence-electron chi connectivity index (χ3n) is 6.17. The molecular weight excluding hydrogens is 611 g/mol. The molecule has 5 aromatic rings. The molecule has 210 valence electrons. The topological polar surface area (TPSA) is 141 Å². The fraction of sp³-hybridized carbons (Fsp3) is 0.185. The van der Waals surface area contributed by atoms with Gasteiger partial charge in [0.15, 0.2) is 5.76 Å². The fourth-order valence-corrected chi connectivity index (χ4v) is 7.18. The minimum Gasteiger partial charge on any atom is -0.396 e. The molecule has 0 bridgehead atoms. The van der Waals surface area contributed by atoms with Gasteiger partial charge in [-0.3, -0.25) is 14.6 Å². The Hall–Kier alpha value is -3.71. The van der Waals surface area contributed by atoms with Crippen molar-refractivity contribution in [2.24, 2.45) is 0 Å². The van der Waals surface area contributed by atoms with E-state index in [0.29, 0.717) is 26.9 Å². The van der Waals surface area contributed by atoms with Crippen molar-refractivity contribution in [1.29, 1.82) is 0 Å². The highest BCUT2D eigenvalue weighted by atomic mass is 35.5. The third-order valence-corrected chi connectivity index (χ3v) is 9.15. The number of thiazole rings is 1. The maximum Gasteiger partial charge on any atom is 0.519 e. The summed E-state index contributed by atoms with van der Waals surface area (Å²) in [6.07, 6.45) is 0.972. The minimum absolute atomic E-state index is 0.110. The number of aryl methyl sites for hydroxylation is 1. The van der Waals surface area contributed by atoms with E-state index in [9.17, 15) is 19.2 Å². The molecule has 0 radical (unpaired) electrons. The summed E-state index contributed by atoms with van der Waals surface area (Å²) in [6, 6.07) is 12.3. The number of carbonyl (C=O) groups excluding carboxylic acids is 1. The van der Waals surface area contributed by atoms with Crippen LogP contribution in [0.25, 0.3) is 16.9 Å². The number of aromatic amines is 1. The first-order valence-corrected chi connectivity index (χ1v) is 14.5. The highest BCUT2D eigenvalue weighted by Crippen LogP contribution is 2.45.